The van der Waals surface area contributed by atoms with E-state index in [0.29, 0.717) is 11.3 Å². The zero-order valence-electron chi connectivity index (χ0n) is 12.1. The van der Waals surface area contributed by atoms with Gasteiger partial charge in [0.05, 0.1) is 11.3 Å². The first-order valence-corrected chi connectivity index (χ1v) is 9.03. The molecule has 0 spiro atoms. The largest absolute Gasteiger partial charge is 0.372 e. The van der Waals surface area contributed by atoms with E-state index in [4.69, 9.17) is 5.73 Å². The van der Waals surface area contributed by atoms with Crippen molar-refractivity contribution in [2.24, 2.45) is 5.73 Å². The summed E-state index contributed by atoms with van der Waals surface area (Å²) in [6.45, 7) is 1.77. The first kappa shape index (κ1) is 15.6. The van der Waals surface area contributed by atoms with Gasteiger partial charge in [-0.2, -0.15) is 0 Å². The fraction of sp³-hybridized carbons (Fsp3) is 0.500. The molecule has 1 fully saturated rings. The van der Waals surface area contributed by atoms with Gasteiger partial charge in [-0.15, -0.1) is 0 Å². The number of hydrogen-bond acceptors (Lipinski definition) is 5. The molecular formula is C14H21N3O3S. The minimum Gasteiger partial charge on any atom is -0.372 e. The van der Waals surface area contributed by atoms with Gasteiger partial charge in [0.1, 0.15) is 5.88 Å². The first-order chi connectivity index (χ1) is 9.87. The molecule has 1 saturated heterocycles. The number of nitrogens with one attached hydrogen (secondary N) is 1. The van der Waals surface area contributed by atoms with Crippen molar-refractivity contribution in [1.29, 1.82) is 0 Å². The van der Waals surface area contributed by atoms with E-state index in [1.165, 1.54) is 12.7 Å². The molecule has 1 heterocycles. The number of rotatable bonds is 5. The summed E-state index contributed by atoms with van der Waals surface area (Å²) in [6.07, 6.45) is 4.52. The van der Waals surface area contributed by atoms with E-state index in [1.807, 2.05) is 0 Å². The Labute approximate surface area is 125 Å². The number of benzene rings is 1. The van der Waals surface area contributed by atoms with Gasteiger partial charge in [0.25, 0.3) is 5.91 Å². The van der Waals surface area contributed by atoms with Gasteiger partial charge in [-0.1, -0.05) is 0 Å². The number of piperidine rings is 1. The maximum absolute atomic E-state index is 11.6. The standard InChI is InChI=1S/C14H21N3O3S/c1-21(19,20)10-16-11-5-6-12(14(15)18)13(9-11)17-7-3-2-4-8-17/h5-6,9,16H,2-4,7-8,10H2,1H3,(H2,15,18). The highest BCUT2D eigenvalue weighted by Gasteiger charge is 2.18. The second kappa shape index (κ2) is 6.34. The Morgan fingerprint density at radius 3 is 2.52 bits per heavy atom. The van der Waals surface area contributed by atoms with Gasteiger partial charge in [0, 0.05) is 25.0 Å². The van der Waals surface area contributed by atoms with Gasteiger partial charge in [-0.3, -0.25) is 4.79 Å². The van der Waals surface area contributed by atoms with Crippen molar-refractivity contribution in [3.63, 3.8) is 0 Å². The molecule has 116 valence electrons. The molecule has 1 aromatic rings. The zero-order chi connectivity index (χ0) is 15.5. The van der Waals surface area contributed by atoms with Crippen LogP contribution in [0.2, 0.25) is 0 Å². The molecule has 2 rings (SSSR count). The van der Waals surface area contributed by atoms with E-state index >= 15 is 0 Å². The number of carbonyl (C=O) groups is 1. The van der Waals surface area contributed by atoms with E-state index < -0.39 is 15.7 Å². The summed E-state index contributed by atoms with van der Waals surface area (Å²) < 4.78 is 22.4. The highest BCUT2D eigenvalue weighted by Crippen LogP contribution is 2.27. The van der Waals surface area contributed by atoms with Crippen LogP contribution in [0.4, 0.5) is 11.4 Å². The summed E-state index contributed by atoms with van der Waals surface area (Å²) in [5.41, 5.74) is 7.36. The molecule has 6 nitrogen and oxygen atoms in total. The van der Waals surface area contributed by atoms with Crippen molar-refractivity contribution in [3.8, 4) is 0 Å². The maximum atomic E-state index is 11.6. The smallest absolute Gasteiger partial charge is 0.250 e. The molecule has 1 aliphatic rings. The van der Waals surface area contributed by atoms with Gasteiger partial charge in [-0.05, 0) is 37.5 Å². The lowest BCUT2D eigenvalue weighted by Gasteiger charge is -2.30. The number of nitrogens with two attached hydrogens (primary N) is 1. The topological polar surface area (TPSA) is 92.5 Å². The molecule has 1 aliphatic heterocycles. The molecule has 0 aromatic heterocycles. The van der Waals surface area contributed by atoms with Crippen LogP contribution in [0.1, 0.15) is 29.6 Å². The second-order valence-electron chi connectivity index (χ2n) is 5.39. The lowest BCUT2D eigenvalue weighted by molar-refractivity contribution is 0.100. The second-order valence-corrected chi connectivity index (χ2v) is 7.53. The fourth-order valence-electron chi connectivity index (χ4n) is 2.46. The molecule has 0 unspecified atom stereocenters. The van der Waals surface area contributed by atoms with Crippen LogP contribution in [0.15, 0.2) is 18.2 Å². The van der Waals surface area contributed by atoms with Gasteiger partial charge in [-0.25, -0.2) is 8.42 Å². The van der Waals surface area contributed by atoms with Crippen LogP contribution in [0, 0.1) is 0 Å². The quantitative estimate of drug-likeness (QED) is 0.852. The van der Waals surface area contributed by atoms with Crippen molar-refractivity contribution in [1.82, 2.24) is 0 Å². The molecule has 3 N–H and O–H groups in total. The van der Waals surface area contributed by atoms with Crippen LogP contribution >= 0.6 is 0 Å². The lowest BCUT2D eigenvalue weighted by Crippen LogP contribution is -2.31. The average molecular weight is 311 g/mol. The van der Waals surface area contributed by atoms with E-state index in [0.717, 1.165) is 31.6 Å². The number of hydrogen-bond donors (Lipinski definition) is 2. The number of carbonyl (C=O) groups excluding carboxylic acids is 1. The van der Waals surface area contributed by atoms with E-state index in [-0.39, 0.29) is 5.88 Å². The summed E-state index contributed by atoms with van der Waals surface area (Å²) in [5.74, 6) is -0.604. The molecule has 0 radical (unpaired) electrons. The van der Waals surface area contributed by atoms with Crippen molar-refractivity contribution >= 4 is 27.1 Å². The highest BCUT2D eigenvalue weighted by atomic mass is 32.2. The fourth-order valence-corrected chi connectivity index (χ4v) is 2.89. The predicted molar refractivity (Wildman–Crippen MR) is 84.4 cm³/mol. The predicted octanol–water partition coefficient (Wildman–Crippen LogP) is 1.19. The van der Waals surface area contributed by atoms with Gasteiger partial charge < -0.3 is 16.0 Å². The number of nitrogens with zero attached hydrogens (tertiary/aromatic N) is 1. The average Bonchev–Trinajstić information content (AvgIpc) is 2.45. The van der Waals surface area contributed by atoms with Crippen LogP contribution in [-0.4, -0.2) is 39.5 Å². The Hall–Kier alpha value is -1.76. The molecule has 1 aromatic carbocycles. The highest BCUT2D eigenvalue weighted by molar-refractivity contribution is 7.90. The maximum Gasteiger partial charge on any atom is 0.250 e. The van der Waals surface area contributed by atoms with Gasteiger partial charge in [0.15, 0.2) is 9.84 Å². The molecule has 0 bridgehead atoms. The number of anilines is 2. The van der Waals surface area contributed by atoms with E-state index in [2.05, 4.69) is 10.2 Å². The Kier molecular flexibility index (Phi) is 4.72. The monoisotopic (exact) mass is 311 g/mol. The van der Waals surface area contributed by atoms with Crippen molar-refractivity contribution in [2.75, 3.05) is 35.4 Å². The van der Waals surface area contributed by atoms with Crippen LogP contribution < -0.4 is 16.0 Å². The normalized spacial score (nSPS) is 15.8. The molecular weight excluding hydrogens is 290 g/mol. The van der Waals surface area contributed by atoms with E-state index in [1.54, 1.807) is 18.2 Å². The van der Waals surface area contributed by atoms with Crippen LogP contribution in [0.3, 0.4) is 0 Å². The Balaban J connectivity index is 2.27. The molecule has 21 heavy (non-hydrogen) atoms. The van der Waals surface area contributed by atoms with Crippen LogP contribution in [-0.2, 0) is 9.84 Å². The van der Waals surface area contributed by atoms with Crippen molar-refractivity contribution in [2.45, 2.75) is 19.3 Å². The van der Waals surface area contributed by atoms with Gasteiger partial charge in [0.2, 0.25) is 0 Å². The molecule has 0 saturated carbocycles. The Morgan fingerprint density at radius 2 is 1.95 bits per heavy atom. The minimum atomic E-state index is -3.10. The number of sulfone groups is 1. The summed E-state index contributed by atoms with van der Waals surface area (Å²) in [6, 6.07) is 5.13. The zero-order valence-corrected chi connectivity index (χ0v) is 12.9. The summed E-state index contributed by atoms with van der Waals surface area (Å²) in [5, 5.41) is 2.86. The molecule has 1 amide bonds. The molecule has 0 atom stereocenters. The Bertz CT molecular complexity index is 622. The SMILES string of the molecule is CS(=O)(=O)CNc1ccc(C(N)=O)c(N2CCCCC2)c1. The molecule has 7 heteroatoms. The van der Waals surface area contributed by atoms with E-state index in [9.17, 15) is 13.2 Å². The summed E-state index contributed by atoms with van der Waals surface area (Å²) in [7, 11) is -3.10. The van der Waals surface area contributed by atoms with Crippen LogP contribution in [0.5, 0.6) is 0 Å². The Morgan fingerprint density at radius 1 is 1.29 bits per heavy atom. The number of amides is 1. The molecule has 0 aliphatic carbocycles. The first-order valence-electron chi connectivity index (χ1n) is 6.97. The summed E-state index contributed by atoms with van der Waals surface area (Å²) >= 11 is 0. The lowest BCUT2D eigenvalue weighted by atomic mass is 10.1. The third kappa shape index (κ3) is 4.35. The van der Waals surface area contributed by atoms with Crippen LogP contribution in [0.25, 0.3) is 0 Å². The third-order valence-electron chi connectivity index (χ3n) is 3.50. The third-order valence-corrected chi connectivity index (χ3v) is 4.17. The van der Waals surface area contributed by atoms with Crippen molar-refractivity contribution in [3.05, 3.63) is 23.8 Å². The van der Waals surface area contributed by atoms with Crippen molar-refractivity contribution < 1.29 is 13.2 Å². The summed E-state index contributed by atoms with van der Waals surface area (Å²) in [4.78, 5) is 13.7. The number of primary amides is 1. The van der Waals surface area contributed by atoms with Gasteiger partial charge >= 0.3 is 0 Å². The minimum absolute atomic E-state index is 0.137.